The Morgan fingerprint density at radius 1 is 1.04 bits per heavy atom. The normalized spacial score (nSPS) is 15.5. The maximum absolute atomic E-state index is 13.8. The zero-order chi connectivity index (χ0) is 34.1. The molecule has 7 rings (SSSR count). The fourth-order valence-corrected chi connectivity index (χ4v) is 6.21. The molecule has 0 spiro atoms. The highest BCUT2D eigenvalue weighted by molar-refractivity contribution is 6.08. The van der Waals surface area contributed by atoms with Gasteiger partial charge in [-0.1, -0.05) is 24.3 Å². The second kappa shape index (κ2) is 13.2. The number of aryl methyl sites for hydroxylation is 1. The monoisotopic (exact) mass is 662 g/mol. The molecule has 2 aromatic heterocycles. The minimum atomic E-state index is -0.731. The van der Waals surface area contributed by atoms with Crippen LogP contribution < -0.4 is 25.0 Å². The Bertz CT molecular complexity index is 2040. The smallest absolute Gasteiger partial charge is 0.323 e. The SMILES string of the molecule is CCOc1nc(N[C@@H](Cc2ccc3c(c2)COC(C)(C)O3)C(=O)NC)nc(-n2cnc3ccc(C(=O)N4CCCc5ccccc54)cc32)n1. The molecule has 13 heteroatoms. The van der Waals surface area contributed by atoms with Crippen LogP contribution in [0.25, 0.3) is 17.0 Å². The first-order valence-electron chi connectivity index (χ1n) is 16.4. The molecule has 13 nitrogen and oxygen atoms in total. The zero-order valence-corrected chi connectivity index (χ0v) is 27.9. The minimum Gasteiger partial charge on any atom is -0.464 e. The molecule has 4 heterocycles. The van der Waals surface area contributed by atoms with Gasteiger partial charge in [-0.05, 0) is 67.3 Å². The van der Waals surface area contributed by atoms with Gasteiger partial charge in [0.1, 0.15) is 18.1 Å². The number of para-hydroxylation sites is 1. The van der Waals surface area contributed by atoms with E-state index in [-0.39, 0.29) is 29.7 Å². The van der Waals surface area contributed by atoms with Gasteiger partial charge in [0.15, 0.2) is 0 Å². The number of fused-ring (bicyclic) bond motifs is 3. The molecule has 2 aliphatic rings. The largest absolute Gasteiger partial charge is 0.464 e. The van der Waals surface area contributed by atoms with Crippen molar-refractivity contribution in [3.8, 4) is 17.7 Å². The maximum Gasteiger partial charge on any atom is 0.323 e. The van der Waals surface area contributed by atoms with Gasteiger partial charge >= 0.3 is 6.01 Å². The highest BCUT2D eigenvalue weighted by Gasteiger charge is 2.29. The van der Waals surface area contributed by atoms with Gasteiger partial charge in [0.2, 0.25) is 23.6 Å². The first kappa shape index (κ1) is 32.0. The number of rotatable bonds is 9. The first-order valence-corrected chi connectivity index (χ1v) is 16.4. The Hall–Kier alpha value is -5.56. The van der Waals surface area contributed by atoms with Crippen LogP contribution in [0.2, 0.25) is 0 Å². The molecule has 2 N–H and O–H groups in total. The Morgan fingerprint density at radius 2 is 1.90 bits per heavy atom. The van der Waals surface area contributed by atoms with Crippen LogP contribution in [0.4, 0.5) is 11.6 Å². The van der Waals surface area contributed by atoms with Crippen LogP contribution >= 0.6 is 0 Å². The van der Waals surface area contributed by atoms with E-state index in [1.54, 1.807) is 30.1 Å². The van der Waals surface area contributed by atoms with Gasteiger partial charge < -0.3 is 29.7 Å². The molecule has 2 aliphatic heterocycles. The second-order valence-electron chi connectivity index (χ2n) is 12.4. The standard InChI is InChI=1S/C36H38N8O5/c1-5-47-35-41-33(39-27(31(45)37-4)18-22-12-15-30-25(17-22)20-48-36(2,3)49-30)40-34(42-35)44-21-38-26-14-13-24(19-29(26)44)32(46)43-16-8-10-23-9-6-7-11-28(23)43/h6-7,9,11-15,17,19,21,27H,5,8,10,16,18,20H2,1-4H3,(H,37,45)(H,39,40,41,42)/t27-/m0/s1. The number of likely N-dealkylation sites (N-methyl/N-ethyl adjacent to an activating group) is 1. The Labute approximate surface area is 283 Å². The molecule has 0 bridgehead atoms. The van der Waals surface area contributed by atoms with Gasteiger partial charge in [0.05, 0.1) is 24.2 Å². The van der Waals surface area contributed by atoms with E-state index in [0.29, 0.717) is 42.8 Å². The molecule has 0 saturated carbocycles. The van der Waals surface area contributed by atoms with Crippen LogP contribution in [0.15, 0.2) is 67.0 Å². The molecule has 0 saturated heterocycles. The number of amides is 2. The summed E-state index contributed by atoms with van der Waals surface area (Å²) in [4.78, 5) is 47.0. The van der Waals surface area contributed by atoms with Crippen LogP contribution in [-0.4, -0.2) is 68.3 Å². The fourth-order valence-electron chi connectivity index (χ4n) is 6.21. The number of anilines is 2. The molecular formula is C36H38N8O5. The van der Waals surface area contributed by atoms with Gasteiger partial charge in [0, 0.05) is 50.7 Å². The average Bonchev–Trinajstić information content (AvgIpc) is 3.54. The van der Waals surface area contributed by atoms with Crippen molar-refractivity contribution in [2.75, 3.05) is 30.4 Å². The van der Waals surface area contributed by atoms with Crippen molar-refractivity contribution in [2.24, 2.45) is 0 Å². The summed E-state index contributed by atoms with van der Waals surface area (Å²) in [6.07, 6.45) is 3.77. The van der Waals surface area contributed by atoms with Crippen molar-refractivity contribution in [1.29, 1.82) is 0 Å². The van der Waals surface area contributed by atoms with Crippen molar-refractivity contribution in [3.63, 3.8) is 0 Å². The molecule has 252 valence electrons. The summed E-state index contributed by atoms with van der Waals surface area (Å²) in [7, 11) is 1.58. The number of ether oxygens (including phenoxy) is 3. The van der Waals surface area contributed by atoms with Crippen molar-refractivity contribution in [1.82, 2.24) is 29.8 Å². The summed E-state index contributed by atoms with van der Waals surface area (Å²) in [5.74, 6) is 0.0808. The number of hydrogen-bond donors (Lipinski definition) is 2. The maximum atomic E-state index is 13.8. The molecule has 49 heavy (non-hydrogen) atoms. The van der Waals surface area contributed by atoms with E-state index in [1.807, 2.05) is 68.1 Å². The summed E-state index contributed by atoms with van der Waals surface area (Å²) in [5, 5.41) is 5.92. The average molecular weight is 663 g/mol. The second-order valence-corrected chi connectivity index (χ2v) is 12.4. The van der Waals surface area contributed by atoms with E-state index < -0.39 is 11.8 Å². The van der Waals surface area contributed by atoms with E-state index >= 15 is 0 Å². The predicted octanol–water partition coefficient (Wildman–Crippen LogP) is 4.62. The lowest BCUT2D eigenvalue weighted by molar-refractivity contribution is -0.180. The van der Waals surface area contributed by atoms with E-state index in [0.717, 1.165) is 41.0 Å². The predicted molar refractivity (Wildman–Crippen MR) is 183 cm³/mol. The summed E-state index contributed by atoms with van der Waals surface area (Å²) in [6.45, 7) is 6.94. The van der Waals surface area contributed by atoms with Crippen LogP contribution in [0.5, 0.6) is 11.8 Å². The van der Waals surface area contributed by atoms with Crippen molar-refractivity contribution >= 4 is 34.5 Å². The first-order chi connectivity index (χ1) is 23.7. The summed E-state index contributed by atoms with van der Waals surface area (Å²) in [6, 6.07) is 18.6. The third kappa shape index (κ3) is 6.61. The van der Waals surface area contributed by atoms with Crippen LogP contribution in [0, 0.1) is 0 Å². The lowest BCUT2D eigenvalue weighted by Crippen LogP contribution is -2.40. The third-order valence-corrected chi connectivity index (χ3v) is 8.60. The number of benzene rings is 3. The Morgan fingerprint density at radius 3 is 2.73 bits per heavy atom. The zero-order valence-electron chi connectivity index (χ0n) is 27.9. The van der Waals surface area contributed by atoms with E-state index in [2.05, 4.69) is 36.6 Å². The number of hydrogen-bond acceptors (Lipinski definition) is 10. The minimum absolute atomic E-state index is 0.0790. The highest BCUT2D eigenvalue weighted by Crippen LogP contribution is 2.32. The Kier molecular flexibility index (Phi) is 8.59. The van der Waals surface area contributed by atoms with Gasteiger partial charge in [0.25, 0.3) is 5.91 Å². The quantitative estimate of drug-likeness (QED) is 0.229. The number of imidazole rings is 1. The summed E-state index contributed by atoms with van der Waals surface area (Å²) < 4.78 is 19.1. The fraction of sp³-hybridized carbons (Fsp3) is 0.333. The van der Waals surface area contributed by atoms with Gasteiger partial charge in [-0.3, -0.25) is 14.2 Å². The molecule has 2 amide bonds. The molecule has 0 unspecified atom stereocenters. The number of nitrogens with zero attached hydrogens (tertiary/aromatic N) is 6. The lowest BCUT2D eigenvalue weighted by Gasteiger charge is -2.32. The van der Waals surface area contributed by atoms with E-state index in [4.69, 9.17) is 14.2 Å². The summed E-state index contributed by atoms with van der Waals surface area (Å²) in [5.41, 5.74) is 5.73. The molecule has 1 atom stereocenters. The number of carbonyl (C=O) groups is 2. The van der Waals surface area contributed by atoms with Crippen molar-refractivity contribution < 1.29 is 23.8 Å². The molecule has 0 aliphatic carbocycles. The van der Waals surface area contributed by atoms with E-state index in [1.165, 1.54) is 0 Å². The van der Waals surface area contributed by atoms with Crippen LogP contribution in [0.3, 0.4) is 0 Å². The molecule has 5 aromatic rings. The van der Waals surface area contributed by atoms with Crippen molar-refractivity contribution in [3.05, 3.63) is 89.2 Å². The van der Waals surface area contributed by atoms with Crippen molar-refractivity contribution in [2.45, 2.75) is 58.5 Å². The molecular weight excluding hydrogens is 624 g/mol. The highest BCUT2D eigenvalue weighted by atomic mass is 16.7. The van der Waals surface area contributed by atoms with Crippen LogP contribution in [0.1, 0.15) is 54.2 Å². The van der Waals surface area contributed by atoms with Gasteiger partial charge in [-0.15, -0.1) is 0 Å². The molecule has 3 aromatic carbocycles. The molecule has 0 fully saturated rings. The molecule has 0 radical (unpaired) electrons. The lowest BCUT2D eigenvalue weighted by atomic mass is 10.0. The van der Waals surface area contributed by atoms with Gasteiger partial charge in [-0.2, -0.15) is 15.0 Å². The topological polar surface area (TPSA) is 146 Å². The number of aromatic nitrogens is 5. The van der Waals surface area contributed by atoms with Gasteiger partial charge in [-0.25, -0.2) is 4.98 Å². The summed E-state index contributed by atoms with van der Waals surface area (Å²) >= 11 is 0. The van der Waals surface area contributed by atoms with E-state index in [9.17, 15) is 9.59 Å². The van der Waals surface area contributed by atoms with Crippen LogP contribution in [-0.2, 0) is 29.0 Å². The number of nitrogens with one attached hydrogen (secondary N) is 2. The number of carbonyl (C=O) groups excluding carboxylic acids is 2. The third-order valence-electron chi connectivity index (χ3n) is 8.60. The Balaban J connectivity index is 1.19.